The van der Waals surface area contributed by atoms with E-state index in [0.717, 1.165) is 5.56 Å². The van der Waals surface area contributed by atoms with E-state index < -0.39 is 35.0 Å². The van der Waals surface area contributed by atoms with Crippen LogP contribution in [0, 0.1) is 0 Å². The summed E-state index contributed by atoms with van der Waals surface area (Å²) in [7, 11) is 0. The molecule has 0 atom stereocenters. The lowest BCUT2D eigenvalue weighted by molar-refractivity contribution is -0.143. The number of nitrogens with zero attached hydrogens (tertiary/aromatic N) is 1. The molecule has 2 aromatic rings. The first-order valence-electron chi connectivity index (χ1n) is 7.67. The average molecular weight is 393 g/mol. The zero-order valence-corrected chi connectivity index (χ0v) is 14.0. The van der Waals surface area contributed by atoms with Gasteiger partial charge in [-0.1, -0.05) is 0 Å². The van der Waals surface area contributed by atoms with Crippen molar-refractivity contribution in [3.05, 3.63) is 57.3 Å². The zero-order valence-electron chi connectivity index (χ0n) is 13.2. The highest BCUT2D eigenvalue weighted by molar-refractivity contribution is 7.07. The maximum absolute atomic E-state index is 13.0. The second-order valence-corrected chi connectivity index (χ2v) is 6.87. The first-order chi connectivity index (χ1) is 12.1. The van der Waals surface area contributed by atoms with Crippen LogP contribution in [0.15, 0.2) is 35.0 Å². The number of amides is 1. The second kappa shape index (κ2) is 6.61. The molecule has 1 aromatic carbocycles. The van der Waals surface area contributed by atoms with Gasteiger partial charge in [0.2, 0.25) is 0 Å². The smallest absolute Gasteiger partial charge is 0.331 e. The van der Waals surface area contributed by atoms with Crippen LogP contribution in [-0.4, -0.2) is 16.8 Å². The van der Waals surface area contributed by atoms with Crippen molar-refractivity contribution >= 4 is 17.2 Å². The quantitative estimate of drug-likeness (QED) is 0.620. The van der Waals surface area contributed by atoms with E-state index in [0.29, 0.717) is 25.0 Å². The van der Waals surface area contributed by atoms with Gasteiger partial charge < -0.3 is 4.90 Å². The molecule has 3 rings (SSSR count). The standard InChI is InChI=1S/C17H13F6NOS/c18-16(19,20)12-5-11(6-13(7-12)17(21,22)23)15(25)24(14-1-2-14)8-10-3-4-26-9-10/h3-7,9,14H,1-2,8H2. The van der Waals surface area contributed by atoms with Gasteiger partial charge in [0.1, 0.15) is 0 Å². The molecular weight excluding hydrogens is 380 g/mol. The molecule has 0 bridgehead atoms. The number of hydrogen-bond acceptors (Lipinski definition) is 2. The SMILES string of the molecule is O=C(c1cc(C(F)(F)F)cc(C(F)(F)F)c1)N(Cc1ccsc1)C1CC1. The van der Waals surface area contributed by atoms with Crippen molar-refractivity contribution in [1.82, 2.24) is 4.90 Å². The molecule has 1 aliphatic rings. The Kier molecular flexibility index (Phi) is 4.76. The van der Waals surface area contributed by atoms with Crippen molar-refractivity contribution < 1.29 is 31.1 Å². The lowest BCUT2D eigenvalue weighted by Gasteiger charge is -2.23. The third kappa shape index (κ3) is 4.20. The highest BCUT2D eigenvalue weighted by atomic mass is 32.1. The van der Waals surface area contributed by atoms with Crippen LogP contribution in [-0.2, 0) is 18.9 Å². The van der Waals surface area contributed by atoms with Crippen molar-refractivity contribution in [1.29, 1.82) is 0 Å². The minimum atomic E-state index is -4.98. The third-order valence-corrected chi connectivity index (χ3v) is 4.75. The van der Waals surface area contributed by atoms with E-state index in [1.54, 1.807) is 16.8 Å². The van der Waals surface area contributed by atoms with Gasteiger partial charge in [0.15, 0.2) is 0 Å². The summed E-state index contributed by atoms with van der Waals surface area (Å²) in [6, 6.07) is 2.60. The molecule has 1 fully saturated rings. The van der Waals surface area contributed by atoms with Crippen molar-refractivity contribution in [2.24, 2.45) is 0 Å². The minimum Gasteiger partial charge on any atom is -0.331 e. The number of halogens is 6. The zero-order chi connectivity index (χ0) is 19.1. The topological polar surface area (TPSA) is 20.3 Å². The molecule has 0 spiro atoms. The number of benzene rings is 1. The fraction of sp³-hybridized carbons (Fsp3) is 0.353. The van der Waals surface area contributed by atoms with E-state index >= 15 is 0 Å². The van der Waals surface area contributed by atoms with Gasteiger partial charge in [-0.15, -0.1) is 0 Å². The fourth-order valence-electron chi connectivity index (χ4n) is 2.58. The van der Waals surface area contributed by atoms with Crippen molar-refractivity contribution in [3.8, 4) is 0 Å². The van der Waals surface area contributed by atoms with Crippen molar-refractivity contribution in [2.75, 3.05) is 0 Å². The molecule has 1 saturated carbocycles. The van der Waals surface area contributed by atoms with Gasteiger partial charge in [0.05, 0.1) is 11.1 Å². The van der Waals surface area contributed by atoms with E-state index in [2.05, 4.69) is 0 Å². The Morgan fingerprint density at radius 3 is 2.04 bits per heavy atom. The molecular formula is C17H13F6NOS. The Hall–Kier alpha value is -2.03. The van der Waals surface area contributed by atoms with E-state index in [1.807, 2.05) is 0 Å². The Morgan fingerprint density at radius 2 is 1.62 bits per heavy atom. The van der Waals surface area contributed by atoms with E-state index in [4.69, 9.17) is 0 Å². The molecule has 1 amide bonds. The van der Waals surface area contributed by atoms with Gasteiger partial charge >= 0.3 is 12.4 Å². The minimum absolute atomic E-state index is 0.0249. The lowest BCUT2D eigenvalue weighted by atomic mass is 10.0. The first-order valence-corrected chi connectivity index (χ1v) is 8.61. The normalized spacial score (nSPS) is 15.2. The largest absolute Gasteiger partial charge is 0.416 e. The van der Waals surface area contributed by atoms with Crippen LogP contribution in [0.2, 0.25) is 0 Å². The summed E-state index contributed by atoms with van der Waals surface area (Å²) in [5, 5.41) is 3.58. The number of carbonyl (C=O) groups is 1. The predicted molar refractivity (Wildman–Crippen MR) is 83.7 cm³/mol. The summed E-state index contributed by atoms with van der Waals surface area (Å²) >= 11 is 1.40. The molecule has 1 heterocycles. The van der Waals surface area contributed by atoms with Crippen LogP contribution in [0.3, 0.4) is 0 Å². The van der Waals surface area contributed by atoms with Crippen LogP contribution < -0.4 is 0 Å². The number of thiophene rings is 1. The summed E-state index contributed by atoms with van der Waals surface area (Å²) in [6.45, 7) is 0.157. The van der Waals surface area contributed by atoms with Gasteiger partial charge in [-0.05, 0) is 53.4 Å². The second-order valence-electron chi connectivity index (χ2n) is 6.09. The first kappa shape index (κ1) is 18.8. The number of carbonyl (C=O) groups excluding carboxylic acids is 1. The average Bonchev–Trinajstić information content (AvgIpc) is 3.26. The number of alkyl halides is 6. The van der Waals surface area contributed by atoms with Crippen LogP contribution in [0.4, 0.5) is 26.3 Å². The molecule has 0 aliphatic heterocycles. The third-order valence-electron chi connectivity index (χ3n) is 4.02. The number of hydrogen-bond donors (Lipinski definition) is 0. The lowest BCUT2D eigenvalue weighted by Crippen LogP contribution is -2.33. The summed E-state index contributed by atoms with van der Waals surface area (Å²) in [5.41, 5.74) is -2.78. The predicted octanol–water partition coefficient (Wildman–Crippen LogP) is 5.59. The summed E-state index contributed by atoms with van der Waals surface area (Å²) in [4.78, 5) is 14.1. The van der Waals surface area contributed by atoms with Crippen molar-refractivity contribution in [2.45, 2.75) is 37.8 Å². The molecule has 1 aromatic heterocycles. The van der Waals surface area contributed by atoms with Crippen LogP contribution in [0.25, 0.3) is 0 Å². The molecule has 26 heavy (non-hydrogen) atoms. The molecule has 0 radical (unpaired) electrons. The van der Waals surface area contributed by atoms with Gasteiger partial charge in [0, 0.05) is 18.2 Å². The van der Waals surface area contributed by atoms with Gasteiger partial charge in [-0.25, -0.2) is 0 Å². The van der Waals surface area contributed by atoms with E-state index in [1.165, 1.54) is 16.2 Å². The fourth-order valence-corrected chi connectivity index (χ4v) is 3.24. The van der Waals surface area contributed by atoms with Crippen molar-refractivity contribution in [3.63, 3.8) is 0 Å². The van der Waals surface area contributed by atoms with Crippen LogP contribution in [0.5, 0.6) is 0 Å². The molecule has 0 saturated heterocycles. The molecule has 9 heteroatoms. The molecule has 2 nitrogen and oxygen atoms in total. The van der Waals surface area contributed by atoms with E-state index in [-0.39, 0.29) is 18.7 Å². The molecule has 1 aliphatic carbocycles. The van der Waals surface area contributed by atoms with Gasteiger partial charge in [-0.2, -0.15) is 37.7 Å². The van der Waals surface area contributed by atoms with E-state index in [9.17, 15) is 31.1 Å². The Balaban J connectivity index is 1.99. The Labute approximate surface area is 149 Å². The van der Waals surface area contributed by atoms with Crippen LogP contribution >= 0.6 is 11.3 Å². The maximum Gasteiger partial charge on any atom is 0.416 e. The Bertz CT molecular complexity index is 760. The summed E-state index contributed by atoms with van der Waals surface area (Å²) in [5.74, 6) is -0.824. The summed E-state index contributed by atoms with van der Waals surface area (Å²) < 4.78 is 77.9. The van der Waals surface area contributed by atoms with Crippen LogP contribution in [0.1, 0.15) is 39.9 Å². The van der Waals surface area contributed by atoms with Gasteiger partial charge in [0.25, 0.3) is 5.91 Å². The molecule has 140 valence electrons. The van der Waals surface area contributed by atoms with Gasteiger partial charge in [-0.3, -0.25) is 4.79 Å². The maximum atomic E-state index is 13.0. The monoisotopic (exact) mass is 393 g/mol. The number of rotatable bonds is 4. The Morgan fingerprint density at radius 1 is 1.04 bits per heavy atom. The highest BCUT2D eigenvalue weighted by Crippen LogP contribution is 2.37. The molecule has 0 unspecified atom stereocenters. The summed E-state index contributed by atoms with van der Waals surface area (Å²) in [6.07, 6.45) is -8.59. The highest BCUT2D eigenvalue weighted by Gasteiger charge is 2.39. The molecule has 0 N–H and O–H groups in total.